The van der Waals surface area contributed by atoms with Crippen molar-refractivity contribution in [1.29, 1.82) is 0 Å². The Bertz CT molecular complexity index is 1170. The van der Waals surface area contributed by atoms with Gasteiger partial charge in [0, 0.05) is 21.8 Å². The predicted octanol–water partition coefficient (Wildman–Crippen LogP) is 4.01. The van der Waals surface area contributed by atoms with E-state index in [1.54, 1.807) is 49.4 Å². The van der Waals surface area contributed by atoms with Crippen LogP contribution in [0.5, 0.6) is 0 Å². The summed E-state index contributed by atoms with van der Waals surface area (Å²) >= 11 is 6.10. The number of aliphatic hydroxyl groups is 1. The summed E-state index contributed by atoms with van der Waals surface area (Å²) in [5.74, 6) is -1.74. The van der Waals surface area contributed by atoms with Crippen molar-refractivity contribution < 1.29 is 19.1 Å². The number of benzene rings is 3. The van der Waals surface area contributed by atoms with E-state index in [2.05, 4.69) is 5.32 Å². The van der Waals surface area contributed by atoms with Crippen LogP contribution in [-0.2, 0) is 15.2 Å². The molecular weight excluding hydrogens is 407 g/mol. The van der Waals surface area contributed by atoms with Gasteiger partial charge in [0.25, 0.3) is 5.91 Å². The Morgan fingerprint density at radius 1 is 1.13 bits per heavy atom. The average molecular weight is 425 g/mol. The highest BCUT2D eigenvalue weighted by Crippen LogP contribution is 2.44. The Morgan fingerprint density at radius 2 is 1.87 bits per heavy atom. The molecule has 0 fully saturated rings. The molecule has 1 heterocycles. The van der Waals surface area contributed by atoms with Gasteiger partial charge in [-0.1, -0.05) is 48.0 Å². The van der Waals surface area contributed by atoms with Gasteiger partial charge in [-0.2, -0.15) is 0 Å². The minimum Gasteiger partial charge on any atom is -0.372 e. The summed E-state index contributed by atoms with van der Waals surface area (Å²) in [7, 11) is 0. The second-order valence-corrected chi connectivity index (χ2v) is 7.50. The summed E-state index contributed by atoms with van der Waals surface area (Å²) in [5.41, 5.74) is -0.0387. The molecule has 0 aliphatic carbocycles. The second-order valence-electron chi connectivity index (χ2n) is 7.09. The summed E-state index contributed by atoms with van der Waals surface area (Å²) in [6, 6.07) is 17.0. The van der Waals surface area contributed by atoms with Crippen LogP contribution in [0.3, 0.4) is 0 Å². The van der Waals surface area contributed by atoms with E-state index >= 15 is 0 Å². The lowest BCUT2D eigenvalue weighted by molar-refractivity contribution is -0.133. The van der Waals surface area contributed by atoms with Crippen molar-refractivity contribution in [3.05, 3.63) is 94.3 Å². The number of rotatable bonds is 4. The molecule has 0 unspecified atom stereocenters. The molecule has 3 aromatic rings. The molecular formula is C23H18ClFN2O3. The zero-order valence-corrected chi connectivity index (χ0v) is 16.8. The Kier molecular flexibility index (Phi) is 5.05. The fourth-order valence-corrected chi connectivity index (χ4v) is 3.84. The highest BCUT2D eigenvalue weighted by molar-refractivity contribution is 6.31. The van der Waals surface area contributed by atoms with E-state index in [0.717, 1.165) is 6.07 Å². The normalized spacial score (nSPS) is 17.7. The number of anilines is 2. The van der Waals surface area contributed by atoms with Crippen LogP contribution in [0.15, 0.2) is 66.7 Å². The van der Waals surface area contributed by atoms with Crippen LogP contribution in [0, 0.1) is 12.7 Å². The third-order valence-electron chi connectivity index (χ3n) is 5.23. The molecule has 0 bridgehead atoms. The summed E-state index contributed by atoms with van der Waals surface area (Å²) in [5, 5.41) is 14.6. The zero-order chi connectivity index (χ0) is 21.5. The minimum atomic E-state index is -2.08. The van der Waals surface area contributed by atoms with Gasteiger partial charge in [-0.05, 0) is 42.8 Å². The zero-order valence-electron chi connectivity index (χ0n) is 16.0. The third-order valence-corrected chi connectivity index (χ3v) is 5.63. The van der Waals surface area contributed by atoms with Crippen LogP contribution in [0.2, 0.25) is 5.02 Å². The van der Waals surface area contributed by atoms with Crippen LogP contribution in [0.25, 0.3) is 0 Å². The Morgan fingerprint density at radius 3 is 2.63 bits per heavy atom. The van der Waals surface area contributed by atoms with Gasteiger partial charge in [-0.15, -0.1) is 0 Å². The number of fused-ring (bicyclic) bond motifs is 1. The quantitative estimate of drug-likeness (QED) is 0.665. The van der Waals surface area contributed by atoms with Gasteiger partial charge in [0.05, 0.1) is 5.69 Å². The second kappa shape index (κ2) is 7.55. The van der Waals surface area contributed by atoms with E-state index < -0.39 is 23.2 Å². The van der Waals surface area contributed by atoms with Gasteiger partial charge < -0.3 is 10.4 Å². The lowest BCUT2D eigenvalue weighted by Crippen LogP contribution is -2.44. The fourth-order valence-electron chi connectivity index (χ4n) is 3.66. The molecule has 4 rings (SSSR count). The maximum atomic E-state index is 13.8. The van der Waals surface area contributed by atoms with Crippen molar-refractivity contribution in [2.24, 2.45) is 0 Å². The minimum absolute atomic E-state index is 0.105. The monoisotopic (exact) mass is 424 g/mol. The van der Waals surface area contributed by atoms with E-state index in [-0.39, 0.29) is 12.1 Å². The molecule has 0 saturated heterocycles. The first-order chi connectivity index (χ1) is 14.3. The molecule has 3 aromatic carbocycles. The molecule has 30 heavy (non-hydrogen) atoms. The van der Waals surface area contributed by atoms with E-state index in [4.69, 9.17) is 11.6 Å². The fraction of sp³-hybridized carbons (Fsp3) is 0.130. The maximum absolute atomic E-state index is 13.8. The van der Waals surface area contributed by atoms with Gasteiger partial charge in [0.1, 0.15) is 12.4 Å². The Balaban J connectivity index is 1.67. The highest BCUT2D eigenvalue weighted by Gasteiger charge is 2.51. The van der Waals surface area contributed by atoms with E-state index in [1.165, 1.54) is 23.1 Å². The van der Waals surface area contributed by atoms with E-state index in [1.807, 2.05) is 0 Å². The third kappa shape index (κ3) is 3.24. The molecule has 2 amide bonds. The van der Waals surface area contributed by atoms with Gasteiger partial charge in [0.2, 0.25) is 5.91 Å². The van der Waals surface area contributed by atoms with Crippen LogP contribution in [0.1, 0.15) is 16.7 Å². The van der Waals surface area contributed by atoms with Crippen molar-refractivity contribution in [3.8, 4) is 0 Å². The molecule has 0 radical (unpaired) electrons. The number of nitrogens with zero attached hydrogens (tertiary/aromatic N) is 1. The number of hydrogen-bond acceptors (Lipinski definition) is 3. The standard InChI is InChI=1S/C23H18ClFN2O3/c1-14-18(24)9-5-10-19(14)26-21(28)13-27-20-11-3-2-8-17(20)23(30,22(27)29)15-6-4-7-16(25)12-15/h2-12,30H,13H2,1H3,(H,26,28)/t23-/m1/s1. The lowest BCUT2D eigenvalue weighted by Gasteiger charge is -2.23. The number of amides is 2. The van der Waals surface area contributed by atoms with E-state index in [0.29, 0.717) is 27.5 Å². The number of para-hydroxylation sites is 1. The summed E-state index contributed by atoms with van der Waals surface area (Å²) in [4.78, 5) is 27.2. The van der Waals surface area contributed by atoms with Gasteiger partial charge in [-0.25, -0.2) is 4.39 Å². The van der Waals surface area contributed by atoms with Crippen molar-refractivity contribution in [2.75, 3.05) is 16.8 Å². The Labute approximate surface area is 177 Å². The molecule has 1 atom stereocenters. The number of halogens is 2. The number of hydrogen-bond donors (Lipinski definition) is 2. The smallest absolute Gasteiger partial charge is 0.268 e. The molecule has 0 aromatic heterocycles. The molecule has 0 saturated carbocycles. The first kappa shape index (κ1) is 20.1. The first-order valence-corrected chi connectivity index (χ1v) is 9.65. The number of carbonyl (C=O) groups excluding carboxylic acids is 2. The first-order valence-electron chi connectivity index (χ1n) is 9.27. The Hall–Kier alpha value is -3.22. The number of nitrogens with one attached hydrogen (secondary N) is 1. The van der Waals surface area contributed by atoms with Crippen LogP contribution >= 0.6 is 11.6 Å². The van der Waals surface area contributed by atoms with Gasteiger partial charge >= 0.3 is 0 Å². The van der Waals surface area contributed by atoms with Crippen LogP contribution in [-0.4, -0.2) is 23.5 Å². The summed E-state index contributed by atoms with van der Waals surface area (Å²) in [6.07, 6.45) is 0. The molecule has 0 spiro atoms. The van der Waals surface area contributed by atoms with Crippen molar-refractivity contribution in [2.45, 2.75) is 12.5 Å². The molecule has 1 aliphatic rings. The predicted molar refractivity (Wildman–Crippen MR) is 113 cm³/mol. The number of carbonyl (C=O) groups is 2. The molecule has 1 aliphatic heterocycles. The van der Waals surface area contributed by atoms with Crippen molar-refractivity contribution in [1.82, 2.24) is 0 Å². The van der Waals surface area contributed by atoms with Gasteiger partial charge in [-0.3, -0.25) is 14.5 Å². The topological polar surface area (TPSA) is 69.6 Å². The maximum Gasteiger partial charge on any atom is 0.268 e. The summed E-state index contributed by atoms with van der Waals surface area (Å²) in [6.45, 7) is 1.45. The lowest BCUT2D eigenvalue weighted by atomic mass is 9.87. The highest BCUT2D eigenvalue weighted by atomic mass is 35.5. The molecule has 7 heteroatoms. The molecule has 2 N–H and O–H groups in total. The van der Waals surface area contributed by atoms with Gasteiger partial charge in [0.15, 0.2) is 5.60 Å². The average Bonchev–Trinajstić information content (AvgIpc) is 2.94. The van der Waals surface area contributed by atoms with E-state index in [9.17, 15) is 19.1 Å². The van der Waals surface area contributed by atoms with Crippen LogP contribution in [0.4, 0.5) is 15.8 Å². The van der Waals surface area contributed by atoms with Crippen LogP contribution < -0.4 is 10.2 Å². The largest absolute Gasteiger partial charge is 0.372 e. The molecule has 5 nitrogen and oxygen atoms in total. The molecule has 152 valence electrons. The summed E-state index contributed by atoms with van der Waals surface area (Å²) < 4.78 is 13.8. The van der Waals surface area contributed by atoms with Crippen molar-refractivity contribution in [3.63, 3.8) is 0 Å². The SMILES string of the molecule is Cc1c(Cl)cccc1NC(=O)CN1C(=O)[C@@](O)(c2cccc(F)c2)c2ccccc21. The van der Waals surface area contributed by atoms with Crippen molar-refractivity contribution >= 4 is 34.8 Å².